The van der Waals surface area contributed by atoms with Crippen LogP contribution in [0.5, 0.6) is 0 Å². The van der Waals surface area contributed by atoms with Gasteiger partial charge in [-0.2, -0.15) is 36.5 Å². The van der Waals surface area contributed by atoms with Gasteiger partial charge in [-0.3, -0.25) is 4.57 Å². The number of esters is 1. The first kappa shape index (κ1) is 38.0. The summed E-state index contributed by atoms with van der Waals surface area (Å²) in [4.78, 5) is 41.4. The van der Waals surface area contributed by atoms with Crippen molar-refractivity contribution in [1.29, 1.82) is 0 Å². The molecule has 49 heavy (non-hydrogen) atoms. The topological polar surface area (TPSA) is 152 Å². The van der Waals surface area contributed by atoms with Crippen molar-refractivity contribution in [2.75, 3.05) is 13.2 Å². The third-order valence-corrected chi connectivity index (χ3v) is 7.22. The van der Waals surface area contributed by atoms with Gasteiger partial charge in [0.25, 0.3) is 7.82 Å². The van der Waals surface area contributed by atoms with Gasteiger partial charge in [-0.05, 0) is 42.5 Å². The number of hydrogen-bond donors (Lipinski definition) is 1. The molecule has 0 amide bonds. The zero-order chi connectivity index (χ0) is 34.9. The zero-order valence-corrected chi connectivity index (χ0v) is 27.8. The number of carbonyl (C=O) groups is 1. The number of rotatable bonds is 10. The standard InChI is InChI=1S/C29H21F7N5O6P.Na/c30-20-5-2-1-4-18(20)26-37-22-10-11-41(15-24(22)38-26)25(27(42)46-12-3-13-47-48(43,44)45)23-9-8-21(39-40-23)17-7-6-16(28(31,32)33)14-19(17)29(34,35)36;/h1-2,4-11,14-15,25H,3,12-13H2,(H2,43,44,45);/q;+1/p-1. The molecule has 11 nitrogen and oxygen atoms in total. The van der Waals surface area contributed by atoms with Gasteiger partial charge in [0.2, 0.25) is 0 Å². The summed E-state index contributed by atoms with van der Waals surface area (Å²) in [5, 5.41) is 7.65. The number of carbonyl (C=O) groups excluding carboxylic acids is 1. The number of halogens is 7. The number of aromatic nitrogens is 5. The summed E-state index contributed by atoms with van der Waals surface area (Å²) < 4.78 is 117. The van der Waals surface area contributed by atoms with Gasteiger partial charge in [-0.1, -0.05) is 18.2 Å². The van der Waals surface area contributed by atoms with Crippen LogP contribution in [0.15, 0.2) is 73.1 Å². The molecule has 0 saturated carbocycles. The molecule has 2 aliphatic heterocycles. The molecular formula is C29H20F7N5NaO6P. The summed E-state index contributed by atoms with van der Waals surface area (Å²) >= 11 is 0. The molecule has 1 aromatic heterocycles. The predicted octanol–water partition coefficient (Wildman–Crippen LogP) is 2.69. The van der Waals surface area contributed by atoms with E-state index in [1.54, 1.807) is 6.07 Å². The number of ether oxygens (including phenoxy) is 1. The maximum absolute atomic E-state index is 14.4. The normalized spacial score (nSPS) is 13.8. The Labute approximate surface area is 294 Å². The Morgan fingerprint density at radius 3 is 2.24 bits per heavy atom. The van der Waals surface area contributed by atoms with E-state index in [0.29, 0.717) is 17.8 Å². The van der Waals surface area contributed by atoms with Crippen molar-refractivity contribution in [2.24, 2.45) is 0 Å². The van der Waals surface area contributed by atoms with Crippen molar-refractivity contribution in [3.8, 4) is 34.0 Å². The van der Waals surface area contributed by atoms with Crippen LogP contribution < -0.4 is 34.5 Å². The first-order valence-electron chi connectivity index (χ1n) is 13.6. The van der Waals surface area contributed by atoms with E-state index in [-0.39, 0.29) is 64.8 Å². The van der Waals surface area contributed by atoms with Crippen LogP contribution in [0.3, 0.4) is 0 Å². The smallest absolute Gasteiger partial charge is 0.756 e. The van der Waals surface area contributed by atoms with Crippen molar-refractivity contribution in [1.82, 2.24) is 24.7 Å². The van der Waals surface area contributed by atoms with E-state index in [9.17, 15) is 45.0 Å². The van der Waals surface area contributed by atoms with Crippen LogP contribution in [-0.4, -0.2) is 48.8 Å². The van der Waals surface area contributed by atoms with Gasteiger partial charge in [0.1, 0.15) is 11.5 Å². The number of pyridine rings is 1. The Hall–Kier alpha value is -3.77. The molecule has 0 saturated heterocycles. The number of fused-ring (bicyclic) bond motifs is 1. The number of nitrogens with zero attached hydrogens (tertiary/aromatic N) is 5. The number of hydrogen-bond acceptors (Lipinski definition) is 9. The summed E-state index contributed by atoms with van der Waals surface area (Å²) in [5.74, 6) is -1.55. The van der Waals surface area contributed by atoms with Crippen molar-refractivity contribution in [3.05, 3.63) is 95.7 Å². The van der Waals surface area contributed by atoms with Crippen molar-refractivity contribution in [2.45, 2.75) is 24.8 Å². The minimum absolute atomic E-state index is 0. The molecule has 252 valence electrons. The molecule has 1 N–H and O–H groups in total. The van der Waals surface area contributed by atoms with Gasteiger partial charge < -0.3 is 23.6 Å². The molecule has 2 unspecified atom stereocenters. The summed E-state index contributed by atoms with van der Waals surface area (Å²) in [6, 6.07) is 8.87. The Balaban J connectivity index is 0.00000541. The van der Waals surface area contributed by atoms with Crippen molar-refractivity contribution < 1.29 is 88.7 Å². The Morgan fingerprint density at radius 2 is 1.61 bits per heavy atom. The summed E-state index contributed by atoms with van der Waals surface area (Å²) in [6.07, 6.45) is -7.69. The predicted molar refractivity (Wildman–Crippen MR) is 149 cm³/mol. The van der Waals surface area contributed by atoms with Crippen LogP contribution >= 0.6 is 7.82 Å². The van der Waals surface area contributed by atoms with Crippen LogP contribution in [0, 0.1) is 5.82 Å². The maximum atomic E-state index is 14.4. The Morgan fingerprint density at radius 1 is 0.898 bits per heavy atom. The SMILES string of the molecule is O=C(OCCCOP(=O)([O-])O)C(c1ccc(-c2ccc(C(F)(F)F)cc2C(F)(F)F)nn1)n1ccc2nc(-c3ccccc3F)nc-2c1.[Na+]. The average molecular weight is 721 g/mol. The van der Waals surface area contributed by atoms with E-state index in [0.717, 1.165) is 12.1 Å². The number of alkyl halides is 6. The summed E-state index contributed by atoms with van der Waals surface area (Å²) in [5.41, 5.74) is -3.85. The van der Waals surface area contributed by atoms with Gasteiger partial charge in [0.15, 0.2) is 11.9 Å². The number of imidazole rings is 1. The number of phosphoric acid groups is 1. The van der Waals surface area contributed by atoms with E-state index in [1.807, 2.05) is 0 Å². The fraction of sp³-hybridized carbons (Fsp3) is 0.207. The molecule has 0 radical (unpaired) electrons. The molecule has 0 bridgehead atoms. The monoisotopic (exact) mass is 721 g/mol. The third kappa shape index (κ3) is 9.27. The second-order valence-electron chi connectivity index (χ2n) is 10.0. The molecule has 2 atom stereocenters. The van der Waals surface area contributed by atoms with E-state index >= 15 is 0 Å². The van der Waals surface area contributed by atoms with Gasteiger partial charge in [0, 0.05) is 24.4 Å². The summed E-state index contributed by atoms with van der Waals surface area (Å²) in [7, 11) is -5.02. The van der Waals surface area contributed by atoms with E-state index in [2.05, 4.69) is 24.7 Å². The molecule has 2 aliphatic rings. The minimum Gasteiger partial charge on any atom is -0.756 e. The first-order chi connectivity index (χ1) is 22.5. The van der Waals surface area contributed by atoms with Crippen LogP contribution in [0.25, 0.3) is 34.0 Å². The van der Waals surface area contributed by atoms with E-state index in [1.165, 1.54) is 41.2 Å². The molecular weight excluding hydrogens is 701 g/mol. The molecule has 0 aliphatic carbocycles. The van der Waals surface area contributed by atoms with Crippen LogP contribution in [0.2, 0.25) is 0 Å². The van der Waals surface area contributed by atoms with Crippen LogP contribution in [0.1, 0.15) is 29.3 Å². The second kappa shape index (κ2) is 15.0. The fourth-order valence-electron chi connectivity index (χ4n) is 4.55. The van der Waals surface area contributed by atoms with Gasteiger partial charge in [0.05, 0.1) is 47.0 Å². The van der Waals surface area contributed by atoms with E-state index < -0.39 is 73.6 Å². The quantitative estimate of drug-likeness (QED) is 0.0750. The number of benzene rings is 2. The molecule has 5 rings (SSSR count). The summed E-state index contributed by atoms with van der Waals surface area (Å²) in [6.45, 7) is -0.933. The van der Waals surface area contributed by atoms with E-state index in [4.69, 9.17) is 9.63 Å². The molecule has 0 spiro atoms. The fourth-order valence-corrected chi connectivity index (χ4v) is 4.91. The van der Waals surface area contributed by atoms with Gasteiger partial charge in [-0.15, -0.1) is 0 Å². The molecule has 20 heteroatoms. The zero-order valence-electron chi connectivity index (χ0n) is 24.9. The van der Waals surface area contributed by atoms with Crippen molar-refractivity contribution in [3.63, 3.8) is 0 Å². The largest absolute Gasteiger partial charge is 1.00 e. The second-order valence-corrected chi connectivity index (χ2v) is 11.2. The third-order valence-electron chi connectivity index (χ3n) is 6.71. The number of phosphoric ester groups is 1. The maximum Gasteiger partial charge on any atom is 1.00 e. The molecule has 3 aromatic rings. The molecule has 3 heterocycles. The van der Waals surface area contributed by atoms with Gasteiger partial charge in [-0.25, -0.2) is 19.2 Å². The Bertz CT molecular complexity index is 1950. The molecule has 0 fully saturated rings. The Kier molecular flexibility index (Phi) is 11.6. The first-order valence-corrected chi connectivity index (χ1v) is 15.1. The van der Waals surface area contributed by atoms with Crippen LogP contribution in [0.4, 0.5) is 30.7 Å². The van der Waals surface area contributed by atoms with Gasteiger partial charge >= 0.3 is 47.9 Å². The van der Waals surface area contributed by atoms with Crippen molar-refractivity contribution >= 4 is 13.8 Å². The average Bonchev–Trinajstić information content (AvgIpc) is 3.43. The molecule has 2 aromatic carbocycles. The minimum atomic E-state index is -5.18. The van der Waals surface area contributed by atoms with Crippen LogP contribution in [-0.2, 0) is 31.0 Å².